The van der Waals surface area contributed by atoms with E-state index in [-0.39, 0.29) is 6.10 Å². The molecule has 1 aliphatic rings. The molecule has 0 aliphatic heterocycles. The van der Waals surface area contributed by atoms with E-state index in [1.807, 2.05) is 12.4 Å². The highest BCUT2D eigenvalue weighted by Crippen LogP contribution is 2.36. The largest absolute Gasteiger partial charge is 0.392 e. The van der Waals surface area contributed by atoms with E-state index in [0.717, 1.165) is 18.5 Å². The molecule has 2 unspecified atom stereocenters. The SMILES string of the molecule is Cc1ncsc1C1CCCCC1O. The van der Waals surface area contributed by atoms with Crippen molar-refractivity contribution in [3.8, 4) is 0 Å². The zero-order valence-corrected chi connectivity index (χ0v) is 8.68. The number of hydrogen-bond donors (Lipinski definition) is 1. The van der Waals surface area contributed by atoms with Gasteiger partial charge in [-0.25, -0.2) is 4.98 Å². The van der Waals surface area contributed by atoms with Gasteiger partial charge in [0.1, 0.15) is 0 Å². The molecule has 1 aromatic heterocycles. The topological polar surface area (TPSA) is 33.1 Å². The maximum atomic E-state index is 9.84. The molecule has 13 heavy (non-hydrogen) atoms. The summed E-state index contributed by atoms with van der Waals surface area (Å²) in [5, 5.41) is 9.84. The molecule has 0 spiro atoms. The van der Waals surface area contributed by atoms with Gasteiger partial charge in [0, 0.05) is 10.8 Å². The van der Waals surface area contributed by atoms with Crippen molar-refractivity contribution in [3.05, 3.63) is 16.1 Å². The summed E-state index contributed by atoms with van der Waals surface area (Å²) in [7, 11) is 0. The molecule has 2 atom stereocenters. The third kappa shape index (κ3) is 1.76. The summed E-state index contributed by atoms with van der Waals surface area (Å²) in [6.07, 6.45) is 4.38. The molecular formula is C10H15NOS. The average molecular weight is 197 g/mol. The van der Waals surface area contributed by atoms with Crippen LogP contribution in [0.3, 0.4) is 0 Å². The molecular weight excluding hydrogens is 182 g/mol. The van der Waals surface area contributed by atoms with Gasteiger partial charge in [0.05, 0.1) is 17.3 Å². The van der Waals surface area contributed by atoms with Crippen molar-refractivity contribution in [1.29, 1.82) is 0 Å². The van der Waals surface area contributed by atoms with Crippen LogP contribution in [-0.2, 0) is 0 Å². The Morgan fingerprint density at radius 1 is 1.46 bits per heavy atom. The van der Waals surface area contributed by atoms with Gasteiger partial charge < -0.3 is 5.11 Å². The van der Waals surface area contributed by atoms with E-state index in [0.29, 0.717) is 5.92 Å². The fraction of sp³-hybridized carbons (Fsp3) is 0.700. The van der Waals surface area contributed by atoms with Gasteiger partial charge in [0.25, 0.3) is 0 Å². The van der Waals surface area contributed by atoms with Crippen molar-refractivity contribution in [2.75, 3.05) is 0 Å². The van der Waals surface area contributed by atoms with E-state index >= 15 is 0 Å². The second-order valence-corrected chi connectivity index (χ2v) is 4.65. The Hall–Kier alpha value is -0.410. The van der Waals surface area contributed by atoms with E-state index in [1.54, 1.807) is 11.3 Å². The first kappa shape index (κ1) is 9.16. The summed E-state index contributed by atoms with van der Waals surface area (Å²) in [5.41, 5.74) is 2.99. The number of aliphatic hydroxyl groups excluding tert-OH is 1. The smallest absolute Gasteiger partial charge is 0.0797 e. The Morgan fingerprint density at radius 2 is 2.23 bits per heavy atom. The summed E-state index contributed by atoms with van der Waals surface area (Å²) >= 11 is 1.69. The van der Waals surface area contributed by atoms with Gasteiger partial charge in [0.15, 0.2) is 0 Å². The quantitative estimate of drug-likeness (QED) is 0.750. The van der Waals surface area contributed by atoms with Gasteiger partial charge in [-0.1, -0.05) is 12.8 Å². The zero-order chi connectivity index (χ0) is 9.26. The minimum absolute atomic E-state index is 0.132. The van der Waals surface area contributed by atoms with Crippen molar-refractivity contribution in [2.24, 2.45) is 0 Å². The molecule has 1 aromatic rings. The monoisotopic (exact) mass is 197 g/mol. The number of nitrogens with zero attached hydrogens (tertiary/aromatic N) is 1. The summed E-state index contributed by atoms with van der Waals surface area (Å²) in [6.45, 7) is 2.03. The number of aliphatic hydroxyl groups is 1. The molecule has 1 fully saturated rings. The molecule has 2 rings (SSSR count). The highest BCUT2D eigenvalue weighted by atomic mass is 32.1. The van der Waals surface area contributed by atoms with Gasteiger partial charge in [-0.15, -0.1) is 11.3 Å². The fourth-order valence-corrected chi connectivity index (χ4v) is 3.08. The molecule has 3 heteroatoms. The summed E-state index contributed by atoms with van der Waals surface area (Å²) < 4.78 is 0. The predicted molar refractivity (Wildman–Crippen MR) is 54.1 cm³/mol. The van der Waals surface area contributed by atoms with Gasteiger partial charge in [-0.3, -0.25) is 0 Å². The molecule has 0 saturated heterocycles. The maximum Gasteiger partial charge on any atom is 0.0797 e. The summed E-state index contributed by atoms with van der Waals surface area (Å²) in [4.78, 5) is 5.53. The predicted octanol–water partition coefficient (Wildman–Crippen LogP) is 2.47. The lowest BCUT2D eigenvalue weighted by Crippen LogP contribution is -2.22. The highest BCUT2D eigenvalue weighted by Gasteiger charge is 2.26. The zero-order valence-electron chi connectivity index (χ0n) is 7.86. The lowest BCUT2D eigenvalue weighted by atomic mass is 9.85. The van der Waals surface area contributed by atoms with Crippen molar-refractivity contribution in [2.45, 2.75) is 44.6 Å². The molecule has 1 heterocycles. The minimum Gasteiger partial charge on any atom is -0.392 e. The van der Waals surface area contributed by atoms with Crippen LogP contribution >= 0.6 is 11.3 Å². The van der Waals surface area contributed by atoms with Crippen LogP contribution in [0, 0.1) is 6.92 Å². The number of hydrogen-bond acceptors (Lipinski definition) is 3. The van der Waals surface area contributed by atoms with Crippen molar-refractivity contribution < 1.29 is 5.11 Å². The van der Waals surface area contributed by atoms with Crippen LogP contribution in [0.15, 0.2) is 5.51 Å². The van der Waals surface area contributed by atoms with Crippen molar-refractivity contribution >= 4 is 11.3 Å². The molecule has 0 amide bonds. The maximum absolute atomic E-state index is 9.84. The van der Waals surface area contributed by atoms with Crippen LogP contribution in [-0.4, -0.2) is 16.2 Å². The van der Waals surface area contributed by atoms with E-state index in [9.17, 15) is 5.11 Å². The Balaban J connectivity index is 2.19. The number of thiazole rings is 1. The third-order valence-corrected chi connectivity index (χ3v) is 3.91. The Bertz CT molecular complexity index is 284. The van der Waals surface area contributed by atoms with E-state index < -0.39 is 0 Å². The first-order chi connectivity index (χ1) is 6.29. The van der Waals surface area contributed by atoms with Gasteiger partial charge >= 0.3 is 0 Å². The van der Waals surface area contributed by atoms with E-state index in [4.69, 9.17) is 0 Å². The van der Waals surface area contributed by atoms with Gasteiger partial charge in [-0.2, -0.15) is 0 Å². The lowest BCUT2D eigenvalue weighted by molar-refractivity contribution is 0.107. The molecule has 0 radical (unpaired) electrons. The van der Waals surface area contributed by atoms with E-state index in [2.05, 4.69) is 4.98 Å². The Labute approximate surface area is 82.6 Å². The van der Waals surface area contributed by atoms with Crippen molar-refractivity contribution in [1.82, 2.24) is 4.98 Å². The molecule has 1 aliphatic carbocycles. The Morgan fingerprint density at radius 3 is 2.85 bits per heavy atom. The molecule has 72 valence electrons. The normalized spacial score (nSPS) is 29.1. The second-order valence-electron chi connectivity index (χ2n) is 3.76. The Kier molecular flexibility index (Phi) is 2.65. The van der Waals surface area contributed by atoms with Crippen LogP contribution < -0.4 is 0 Å². The van der Waals surface area contributed by atoms with Crippen LogP contribution in [0.25, 0.3) is 0 Å². The molecule has 1 N–H and O–H groups in total. The van der Waals surface area contributed by atoms with Crippen LogP contribution in [0.4, 0.5) is 0 Å². The minimum atomic E-state index is -0.132. The summed E-state index contributed by atoms with van der Waals surface area (Å²) in [5.74, 6) is 0.362. The number of aromatic nitrogens is 1. The standard InChI is InChI=1S/C10H15NOS/c1-7-10(13-6-11-7)8-4-2-3-5-9(8)12/h6,8-9,12H,2-5H2,1H3. The summed E-state index contributed by atoms with van der Waals surface area (Å²) in [6, 6.07) is 0. The van der Waals surface area contributed by atoms with Crippen LogP contribution in [0.5, 0.6) is 0 Å². The lowest BCUT2D eigenvalue weighted by Gasteiger charge is -2.26. The fourth-order valence-electron chi connectivity index (χ4n) is 2.08. The number of rotatable bonds is 1. The number of aryl methyl sites for hydroxylation is 1. The molecule has 1 saturated carbocycles. The molecule has 0 aromatic carbocycles. The van der Waals surface area contributed by atoms with E-state index in [1.165, 1.54) is 17.7 Å². The first-order valence-electron chi connectivity index (χ1n) is 4.87. The van der Waals surface area contributed by atoms with Crippen LogP contribution in [0.2, 0.25) is 0 Å². The van der Waals surface area contributed by atoms with Gasteiger partial charge in [-0.05, 0) is 19.8 Å². The highest BCUT2D eigenvalue weighted by molar-refractivity contribution is 7.09. The second kappa shape index (κ2) is 3.76. The first-order valence-corrected chi connectivity index (χ1v) is 5.75. The average Bonchev–Trinajstić information content (AvgIpc) is 2.52. The van der Waals surface area contributed by atoms with Gasteiger partial charge in [0.2, 0.25) is 0 Å². The molecule has 2 nitrogen and oxygen atoms in total. The molecule has 0 bridgehead atoms. The third-order valence-electron chi connectivity index (χ3n) is 2.85. The van der Waals surface area contributed by atoms with Crippen LogP contribution in [0.1, 0.15) is 42.2 Å². The van der Waals surface area contributed by atoms with Crippen molar-refractivity contribution in [3.63, 3.8) is 0 Å².